The Bertz CT molecular complexity index is 1750. The van der Waals surface area contributed by atoms with Gasteiger partial charge in [0.2, 0.25) is 0 Å². The number of hydrogen-bond acceptors (Lipinski definition) is 8. The first-order valence-electron chi connectivity index (χ1n) is 14.9. The summed E-state index contributed by atoms with van der Waals surface area (Å²) in [6.07, 6.45) is 1.58. The quantitative estimate of drug-likeness (QED) is 0.264. The SMILES string of the molecule is C[C@H]1C2CN(c3nc(OCC4(CN(C)C)CC4)nc4c(F)c(-c5cc(O)cc6ccccc56)c(Cl)cc34)CC(C)(N2)[C@H]1O. The molecule has 2 saturated heterocycles. The number of nitrogens with zero attached hydrogens (tertiary/aromatic N) is 4. The average molecular weight is 606 g/mol. The lowest BCUT2D eigenvalue weighted by Crippen LogP contribution is -2.61. The number of anilines is 1. The molecular formula is C33H37ClFN5O3. The van der Waals surface area contributed by atoms with E-state index in [0.29, 0.717) is 36.5 Å². The predicted octanol–water partition coefficient (Wildman–Crippen LogP) is 5.22. The van der Waals surface area contributed by atoms with Gasteiger partial charge in [0.15, 0.2) is 5.82 Å². The Hall–Kier alpha value is -3.24. The lowest BCUT2D eigenvalue weighted by atomic mass is 9.91. The Morgan fingerprint density at radius 3 is 2.65 bits per heavy atom. The van der Waals surface area contributed by atoms with Crippen molar-refractivity contribution in [1.82, 2.24) is 20.2 Å². The third kappa shape index (κ3) is 4.86. The van der Waals surface area contributed by atoms with Gasteiger partial charge in [0.1, 0.15) is 17.1 Å². The van der Waals surface area contributed by atoms with E-state index in [9.17, 15) is 10.2 Å². The van der Waals surface area contributed by atoms with E-state index in [1.165, 1.54) is 6.07 Å². The average Bonchev–Trinajstić information content (AvgIpc) is 3.70. The fourth-order valence-electron chi connectivity index (χ4n) is 7.28. The fraction of sp³-hybridized carbons (Fsp3) is 0.455. The van der Waals surface area contributed by atoms with Gasteiger partial charge < -0.3 is 30.1 Å². The lowest BCUT2D eigenvalue weighted by Gasteiger charge is -2.41. The van der Waals surface area contributed by atoms with Crippen LogP contribution in [0.5, 0.6) is 11.8 Å². The van der Waals surface area contributed by atoms with E-state index in [-0.39, 0.29) is 45.2 Å². The van der Waals surface area contributed by atoms with Crippen LogP contribution in [-0.4, -0.2) is 83.1 Å². The molecule has 8 nitrogen and oxygen atoms in total. The Morgan fingerprint density at radius 2 is 1.93 bits per heavy atom. The van der Waals surface area contributed by atoms with Crippen LogP contribution in [0, 0.1) is 17.2 Å². The zero-order chi connectivity index (χ0) is 30.3. The summed E-state index contributed by atoms with van der Waals surface area (Å²) < 4.78 is 23.1. The number of phenols is 1. The highest BCUT2D eigenvalue weighted by molar-refractivity contribution is 6.35. The Labute approximate surface area is 255 Å². The molecule has 3 fully saturated rings. The van der Waals surface area contributed by atoms with Crippen molar-refractivity contribution in [1.29, 1.82) is 0 Å². The number of piperazine rings is 1. The molecule has 4 atom stereocenters. The van der Waals surface area contributed by atoms with E-state index >= 15 is 4.39 Å². The number of aromatic nitrogens is 2. The van der Waals surface area contributed by atoms with Gasteiger partial charge in [-0.3, -0.25) is 0 Å². The molecule has 3 aromatic carbocycles. The number of ether oxygens (including phenoxy) is 1. The minimum atomic E-state index is -0.598. The van der Waals surface area contributed by atoms with Crippen LogP contribution in [0.4, 0.5) is 10.2 Å². The van der Waals surface area contributed by atoms with Gasteiger partial charge in [-0.05, 0) is 68.4 Å². The highest BCUT2D eigenvalue weighted by Crippen LogP contribution is 2.47. The smallest absolute Gasteiger partial charge is 0.319 e. The summed E-state index contributed by atoms with van der Waals surface area (Å²) >= 11 is 6.88. The maximum Gasteiger partial charge on any atom is 0.319 e. The molecule has 3 aliphatic rings. The van der Waals surface area contributed by atoms with Crippen molar-refractivity contribution >= 4 is 39.1 Å². The molecule has 7 rings (SSSR count). The molecule has 3 heterocycles. The van der Waals surface area contributed by atoms with E-state index in [2.05, 4.69) is 20.1 Å². The van der Waals surface area contributed by atoms with Crippen molar-refractivity contribution in [2.24, 2.45) is 11.3 Å². The van der Waals surface area contributed by atoms with Crippen molar-refractivity contribution < 1.29 is 19.3 Å². The summed E-state index contributed by atoms with van der Waals surface area (Å²) in [5, 5.41) is 27.3. The van der Waals surface area contributed by atoms with Crippen LogP contribution in [0.15, 0.2) is 42.5 Å². The zero-order valence-electron chi connectivity index (χ0n) is 24.9. The van der Waals surface area contributed by atoms with Gasteiger partial charge in [0.05, 0.1) is 23.3 Å². The highest BCUT2D eigenvalue weighted by atomic mass is 35.5. The molecule has 0 radical (unpaired) electrons. The molecule has 2 bridgehead atoms. The number of hydrogen-bond donors (Lipinski definition) is 3. The summed E-state index contributed by atoms with van der Waals surface area (Å²) in [5.74, 6) is -0.00135. The summed E-state index contributed by atoms with van der Waals surface area (Å²) in [7, 11) is 4.09. The molecule has 226 valence electrons. The fourth-order valence-corrected chi connectivity index (χ4v) is 7.57. The van der Waals surface area contributed by atoms with Gasteiger partial charge in [-0.15, -0.1) is 0 Å². The van der Waals surface area contributed by atoms with Crippen LogP contribution < -0.4 is 15.0 Å². The van der Waals surface area contributed by atoms with Crippen molar-refractivity contribution in [3.05, 3.63) is 53.3 Å². The molecule has 2 unspecified atom stereocenters. The molecule has 2 aliphatic heterocycles. The van der Waals surface area contributed by atoms with Crippen LogP contribution >= 0.6 is 11.6 Å². The number of rotatable bonds is 7. The first-order chi connectivity index (χ1) is 20.5. The second-order valence-corrected chi connectivity index (χ2v) is 13.8. The van der Waals surface area contributed by atoms with Gasteiger partial charge in [-0.25, -0.2) is 4.39 Å². The van der Waals surface area contributed by atoms with Gasteiger partial charge in [-0.2, -0.15) is 9.97 Å². The van der Waals surface area contributed by atoms with Gasteiger partial charge >= 0.3 is 6.01 Å². The number of fused-ring (bicyclic) bond motifs is 4. The molecular weight excluding hydrogens is 569 g/mol. The Morgan fingerprint density at radius 1 is 1.16 bits per heavy atom. The summed E-state index contributed by atoms with van der Waals surface area (Å²) in [6, 6.07) is 12.5. The van der Waals surface area contributed by atoms with E-state index in [1.54, 1.807) is 12.1 Å². The molecule has 10 heteroatoms. The van der Waals surface area contributed by atoms with Crippen LogP contribution in [0.2, 0.25) is 5.02 Å². The largest absolute Gasteiger partial charge is 0.508 e. The molecule has 1 aromatic heterocycles. The third-order valence-corrected chi connectivity index (χ3v) is 9.91. The molecule has 0 amide bonds. The van der Waals surface area contributed by atoms with Gasteiger partial charge in [0, 0.05) is 48.0 Å². The van der Waals surface area contributed by atoms with Crippen molar-refractivity contribution in [3.8, 4) is 22.9 Å². The predicted molar refractivity (Wildman–Crippen MR) is 168 cm³/mol. The number of aliphatic hydroxyl groups excluding tert-OH is 1. The minimum Gasteiger partial charge on any atom is -0.508 e. The normalized spacial score (nSPS) is 26.0. The number of aromatic hydroxyl groups is 1. The molecule has 1 aliphatic carbocycles. The number of nitrogens with one attached hydrogen (secondary N) is 1. The summed E-state index contributed by atoms with van der Waals surface area (Å²) in [5.41, 5.74) is 0.240. The standard InChI is InChI=1S/C33H37ClFN5O3/c1-18-25-14-40(15-32(2,38-25)29(18)42)30-23-13-24(34)26(22-12-20(41)11-19-7-5-6-8-21(19)22)27(35)28(23)36-31(37-30)43-17-33(9-10-33)16-39(3)4/h5-8,11-13,18,25,29,38,41-42H,9-10,14-17H2,1-4H3/t18-,25?,29-,32?/m0/s1. The topological polar surface area (TPSA) is 94.0 Å². The second kappa shape index (κ2) is 10.2. The summed E-state index contributed by atoms with van der Waals surface area (Å²) in [6.45, 7) is 6.45. The second-order valence-electron chi connectivity index (χ2n) is 13.4. The lowest BCUT2D eigenvalue weighted by molar-refractivity contribution is 0.0849. The number of benzene rings is 3. The highest BCUT2D eigenvalue weighted by Gasteiger charge is 2.52. The Balaban J connectivity index is 1.39. The maximum absolute atomic E-state index is 16.8. The van der Waals surface area contributed by atoms with Crippen LogP contribution in [0.3, 0.4) is 0 Å². The van der Waals surface area contributed by atoms with Gasteiger partial charge in [0.25, 0.3) is 0 Å². The number of phenolic OH excluding ortho intramolecular Hbond substituents is 1. The molecule has 0 spiro atoms. The monoisotopic (exact) mass is 605 g/mol. The Kier molecular flexibility index (Phi) is 6.74. The van der Waals surface area contributed by atoms with Crippen molar-refractivity contribution in [3.63, 3.8) is 0 Å². The molecule has 1 saturated carbocycles. The van der Waals surface area contributed by atoms with E-state index < -0.39 is 17.5 Å². The number of halogens is 2. The molecule has 3 N–H and O–H groups in total. The summed E-state index contributed by atoms with van der Waals surface area (Å²) in [4.78, 5) is 13.7. The van der Waals surface area contributed by atoms with Gasteiger partial charge in [-0.1, -0.05) is 42.8 Å². The van der Waals surface area contributed by atoms with Crippen LogP contribution in [0.1, 0.15) is 26.7 Å². The van der Waals surface area contributed by atoms with Crippen LogP contribution in [0.25, 0.3) is 32.8 Å². The van der Waals surface area contributed by atoms with Crippen molar-refractivity contribution in [2.75, 3.05) is 45.2 Å². The zero-order valence-corrected chi connectivity index (χ0v) is 25.6. The van der Waals surface area contributed by atoms with E-state index in [1.807, 2.05) is 52.2 Å². The third-order valence-electron chi connectivity index (χ3n) is 9.61. The van der Waals surface area contributed by atoms with E-state index in [0.717, 1.165) is 30.2 Å². The molecule has 43 heavy (non-hydrogen) atoms. The number of aliphatic hydroxyl groups is 1. The first kappa shape index (κ1) is 28.5. The first-order valence-corrected chi connectivity index (χ1v) is 15.2. The maximum atomic E-state index is 16.8. The van der Waals surface area contributed by atoms with Crippen molar-refractivity contribution in [2.45, 2.75) is 44.4 Å². The van der Waals surface area contributed by atoms with E-state index in [4.69, 9.17) is 21.3 Å². The molecule has 4 aromatic rings. The minimum absolute atomic E-state index is 0.0181. The van der Waals surface area contributed by atoms with Crippen LogP contribution in [-0.2, 0) is 0 Å².